The minimum Gasteiger partial charge on any atom is -0.386 e. The normalized spacial score (nSPS) is 12.6. The van der Waals surface area contributed by atoms with Crippen LogP contribution >= 0.6 is 31.9 Å². The van der Waals surface area contributed by atoms with Crippen LogP contribution in [0.15, 0.2) is 39.4 Å². The van der Waals surface area contributed by atoms with Crippen molar-refractivity contribution in [1.82, 2.24) is 9.78 Å². The van der Waals surface area contributed by atoms with E-state index in [9.17, 15) is 5.11 Å². The third-order valence-electron chi connectivity index (χ3n) is 2.97. The van der Waals surface area contributed by atoms with Gasteiger partial charge in [0.05, 0.1) is 29.5 Å². The zero-order chi connectivity index (χ0) is 14.5. The first kappa shape index (κ1) is 15.7. The number of hydrogen-bond acceptors (Lipinski definition) is 3. The van der Waals surface area contributed by atoms with Crippen LogP contribution in [0.2, 0.25) is 0 Å². The molecule has 0 amide bonds. The number of rotatable bonds is 6. The minimum atomic E-state index is -0.613. The Labute approximate surface area is 135 Å². The van der Waals surface area contributed by atoms with Crippen molar-refractivity contribution in [2.75, 3.05) is 13.7 Å². The Bertz CT molecular complexity index is 572. The average molecular weight is 404 g/mol. The zero-order valence-corrected chi connectivity index (χ0v) is 14.3. The van der Waals surface area contributed by atoms with E-state index in [1.165, 1.54) is 0 Å². The number of aliphatic hydroxyl groups is 1. The first-order chi connectivity index (χ1) is 9.61. The molecule has 6 heteroatoms. The maximum absolute atomic E-state index is 10.5. The largest absolute Gasteiger partial charge is 0.386 e. The molecule has 4 nitrogen and oxygen atoms in total. The first-order valence-corrected chi connectivity index (χ1v) is 7.83. The lowest BCUT2D eigenvalue weighted by molar-refractivity contribution is 0.152. The molecule has 0 spiro atoms. The van der Waals surface area contributed by atoms with Crippen molar-refractivity contribution in [3.8, 4) is 0 Å². The second-order valence-corrected chi connectivity index (χ2v) is 6.21. The van der Waals surface area contributed by atoms with Crippen LogP contribution in [0.1, 0.15) is 17.4 Å². The fraction of sp³-hybridized carbons (Fsp3) is 0.357. The van der Waals surface area contributed by atoms with Gasteiger partial charge in [-0.1, -0.05) is 28.1 Å². The Morgan fingerprint density at radius 3 is 2.90 bits per heavy atom. The molecule has 0 saturated carbocycles. The molecule has 0 aliphatic carbocycles. The molecular formula is C14H16Br2N2O2. The number of aromatic nitrogens is 2. The molecule has 0 fully saturated rings. The van der Waals surface area contributed by atoms with E-state index in [0.29, 0.717) is 19.6 Å². The summed E-state index contributed by atoms with van der Waals surface area (Å²) in [6, 6.07) is 7.93. The Morgan fingerprint density at radius 1 is 1.40 bits per heavy atom. The Kier molecular flexibility index (Phi) is 5.77. The molecule has 0 aliphatic heterocycles. The van der Waals surface area contributed by atoms with Gasteiger partial charge in [0, 0.05) is 18.0 Å². The summed E-state index contributed by atoms with van der Waals surface area (Å²) >= 11 is 6.88. The summed E-state index contributed by atoms with van der Waals surface area (Å²) in [5.74, 6) is 0. The number of nitrogens with zero attached hydrogens (tertiary/aromatic N) is 2. The van der Waals surface area contributed by atoms with Gasteiger partial charge >= 0.3 is 0 Å². The lowest BCUT2D eigenvalue weighted by atomic mass is 10.1. The van der Waals surface area contributed by atoms with Crippen LogP contribution in [0.5, 0.6) is 0 Å². The summed E-state index contributed by atoms with van der Waals surface area (Å²) in [5, 5.41) is 14.7. The van der Waals surface area contributed by atoms with Crippen molar-refractivity contribution < 1.29 is 9.84 Å². The van der Waals surface area contributed by atoms with Gasteiger partial charge in [0.2, 0.25) is 0 Å². The van der Waals surface area contributed by atoms with Crippen molar-refractivity contribution in [3.63, 3.8) is 0 Å². The second kappa shape index (κ2) is 7.36. The summed E-state index contributed by atoms with van der Waals surface area (Å²) in [6.45, 7) is 1.18. The first-order valence-electron chi connectivity index (χ1n) is 6.24. The molecule has 1 heterocycles. The molecule has 20 heavy (non-hydrogen) atoms. The SMILES string of the molecule is COCCn1ncc(Br)c1C(O)Cc1cccc(Br)c1. The van der Waals surface area contributed by atoms with Gasteiger partial charge in [0.15, 0.2) is 0 Å². The van der Waals surface area contributed by atoms with Gasteiger partial charge in [-0.05, 0) is 33.6 Å². The Hall–Kier alpha value is -0.690. The summed E-state index contributed by atoms with van der Waals surface area (Å²) in [7, 11) is 1.65. The maximum atomic E-state index is 10.5. The monoisotopic (exact) mass is 402 g/mol. The molecule has 0 bridgehead atoms. The molecule has 2 rings (SSSR count). The van der Waals surface area contributed by atoms with Crippen molar-refractivity contribution in [2.24, 2.45) is 0 Å². The summed E-state index contributed by atoms with van der Waals surface area (Å²) in [5.41, 5.74) is 1.85. The predicted octanol–water partition coefficient (Wildman–Crippen LogP) is 3.33. The molecule has 1 aromatic heterocycles. The number of benzene rings is 1. The molecule has 0 radical (unpaired) electrons. The summed E-state index contributed by atoms with van der Waals surface area (Å²) in [6.07, 6.45) is 1.63. The summed E-state index contributed by atoms with van der Waals surface area (Å²) in [4.78, 5) is 0. The van der Waals surface area contributed by atoms with E-state index >= 15 is 0 Å². The van der Waals surface area contributed by atoms with Gasteiger partial charge in [-0.15, -0.1) is 0 Å². The van der Waals surface area contributed by atoms with Crippen molar-refractivity contribution >= 4 is 31.9 Å². The second-order valence-electron chi connectivity index (χ2n) is 4.44. The lowest BCUT2D eigenvalue weighted by Gasteiger charge is -2.14. The molecule has 1 unspecified atom stereocenters. The minimum absolute atomic E-state index is 0.538. The molecule has 0 aliphatic rings. The van der Waals surface area contributed by atoms with Crippen LogP contribution in [0, 0.1) is 0 Å². The highest BCUT2D eigenvalue weighted by atomic mass is 79.9. The van der Waals surface area contributed by atoms with Crippen molar-refractivity contribution in [1.29, 1.82) is 0 Å². The molecular weight excluding hydrogens is 388 g/mol. The van der Waals surface area contributed by atoms with Crippen LogP contribution in [0.4, 0.5) is 0 Å². The summed E-state index contributed by atoms with van der Waals surface area (Å²) < 4.78 is 8.66. The highest BCUT2D eigenvalue weighted by molar-refractivity contribution is 9.10. The average Bonchev–Trinajstić information content (AvgIpc) is 2.77. The van der Waals surface area contributed by atoms with E-state index < -0.39 is 6.10 Å². The standard InChI is InChI=1S/C14H16Br2N2O2/c1-20-6-5-18-14(12(16)9-17-18)13(19)8-10-3-2-4-11(15)7-10/h2-4,7,9,13,19H,5-6,8H2,1H3. The molecule has 0 saturated heterocycles. The maximum Gasteiger partial charge on any atom is 0.101 e. The van der Waals surface area contributed by atoms with E-state index in [2.05, 4.69) is 37.0 Å². The van der Waals surface area contributed by atoms with Crippen molar-refractivity contribution in [3.05, 3.63) is 50.7 Å². The van der Waals surface area contributed by atoms with Gasteiger partial charge in [-0.25, -0.2) is 0 Å². The number of ether oxygens (including phenoxy) is 1. The molecule has 108 valence electrons. The Balaban J connectivity index is 2.16. The lowest BCUT2D eigenvalue weighted by Crippen LogP contribution is -2.14. The Morgan fingerprint density at radius 2 is 2.20 bits per heavy atom. The van der Waals surface area contributed by atoms with Crippen LogP contribution in [-0.4, -0.2) is 28.6 Å². The number of methoxy groups -OCH3 is 1. The molecule has 1 N–H and O–H groups in total. The number of aliphatic hydroxyl groups excluding tert-OH is 1. The number of halogens is 2. The van der Waals surface area contributed by atoms with Crippen LogP contribution in [0.25, 0.3) is 0 Å². The number of hydrogen-bond donors (Lipinski definition) is 1. The zero-order valence-electron chi connectivity index (χ0n) is 11.1. The van der Waals surface area contributed by atoms with E-state index in [1.54, 1.807) is 18.0 Å². The molecule has 1 aromatic carbocycles. The third kappa shape index (κ3) is 3.91. The van der Waals surface area contributed by atoms with Gasteiger partial charge < -0.3 is 9.84 Å². The van der Waals surface area contributed by atoms with Gasteiger partial charge in [-0.3, -0.25) is 4.68 Å². The fourth-order valence-corrected chi connectivity index (χ4v) is 3.05. The highest BCUT2D eigenvalue weighted by Gasteiger charge is 2.18. The third-order valence-corrected chi connectivity index (χ3v) is 4.08. The van der Waals surface area contributed by atoms with E-state index in [0.717, 1.165) is 20.2 Å². The van der Waals surface area contributed by atoms with Crippen LogP contribution in [0.3, 0.4) is 0 Å². The van der Waals surface area contributed by atoms with E-state index in [-0.39, 0.29) is 0 Å². The van der Waals surface area contributed by atoms with Crippen LogP contribution < -0.4 is 0 Å². The topological polar surface area (TPSA) is 47.3 Å². The van der Waals surface area contributed by atoms with Crippen molar-refractivity contribution in [2.45, 2.75) is 19.1 Å². The van der Waals surface area contributed by atoms with E-state index in [4.69, 9.17) is 4.74 Å². The van der Waals surface area contributed by atoms with E-state index in [1.807, 2.05) is 24.3 Å². The highest BCUT2D eigenvalue weighted by Crippen LogP contribution is 2.26. The quantitative estimate of drug-likeness (QED) is 0.804. The van der Waals surface area contributed by atoms with Gasteiger partial charge in [0.25, 0.3) is 0 Å². The van der Waals surface area contributed by atoms with Crippen LogP contribution in [-0.2, 0) is 17.7 Å². The molecule has 1 atom stereocenters. The van der Waals surface area contributed by atoms with Gasteiger partial charge in [-0.2, -0.15) is 5.10 Å². The molecule has 2 aromatic rings. The smallest absolute Gasteiger partial charge is 0.101 e. The van der Waals surface area contributed by atoms with Gasteiger partial charge in [0.1, 0.15) is 6.10 Å². The fourth-order valence-electron chi connectivity index (χ4n) is 2.04. The predicted molar refractivity (Wildman–Crippen MR) is 84.6 cm³/mol.